The van der Waals surface area contributed by atoms with Crippen LogP contribution in [0.1, 0.15) is 19.5 Å². The molecule has 0 saturated carbocycles. The minimum absolute atomic E-state index is 0.0340. The molecule has 0 atom stereocenters. The summed E-state index contributed by atoms with van der Waals surface area (Å²) in [6.07, 6.45) is 0. The molecule has 0 aliphatic carbocycles. The highest BCUT2D eigenvalue weighted by atomic mass is 32.1. The highest BCUT2D eigenvalue weighted by Gasteiger charge is 2.33. The molecule has 0 radical (unpaired) electrons. The fraction of sp³-hybridized carbons (Fsp3) is 0.462. The van der Waals surface area contributed by atoms with Crippen molar-refractivity contribution in [1.29, 1.82) is 0 Å². The normalized spacial score (nSPS) is 11.1. The summed E-state index contributed by atoms with van der Waals surface area (Å²) in [5.74, 6) is -2.76. The fourth-order valence-corrected chi connectivity index (χ4v) is 2.10. The van der Waals surface area contributed by atoms with Crippen LogP contribution in [0.25, 0.3) is 0 Å². The Bertz CT molecular complexity index is 612. The van der Waals surface area contributed by atoms with Crippen LogP contribution in [0.4, 0.5) is 5.13 Å². The number of ether oxygens (including phenoxy) is 2. The third kappa shape index (κ3) is 5.19. The number of nitrogens with one attached hydrogen (secondary N) is 1. The molecule has 0 aliphatic heterocycles. The van der Waals surface area contributed by atoms with Crippen LogP contribution in [0.5, 0.6) is 0 Å². The molecule has 3 N–H and O–H groups in total. The van der Waals surface area contributed by atoms with Crippen LogP contribution in [0.3, 0.4) is 0 Å². The van der Waals surface area contributed by atoms with Gasteiger partial charge in [-0.05, 0) is 13.8 Å². The van der Waals surface area contributed by atoms with E-state index in [1.165, 1.54) is 12.5 Å². The van der Waals surface area contributed by atoms with E-state index in [9.17, 15) is 14.4 Å². The lowest BCUT2D eigenvalue weighted by Gasteiger charge is -2.15. The number of amides is 1. The van der Waals surface area contributed by atoms with Crippen LogP contribution < -0.4 is 11.1 Å². The summed E-state index contributed by atoms with van der Waals surface area (Å²) in [4.78, 5) is 44.6. The van der Waals surface area contributed by atoms with Crippen molar-refractivity contribution >= 4 is 40.0 Å². The maximum atomic E-state index is 12.4. The third-order valence-corrected chi connectivity index (χ3v) is 3.16. The largest absolute Gasteiger partial charge is 0.464 e. The Kier molecular flexibility index (Phi) is 7.62. The number of aromatic nitrogens is 1. The van der Waals surface area contributed by atoms with Crippen LogP contribution in [0.15, 0.2) is 10.5 Å². The number of nitrogen functional groups attached to an aromatic ring is 1. The molecule has 1 amide bonds. The molecule has 0 fully saturated rings. The lowest BCUT2D eigenvalue weighted by Crippen LogP contribution is -2.50. The van der Waals surface area contributed by atoms with E-state index in [2.05, 4.69) is 20.3 Å². The summed E-state index contributed by atoms with van der Waals surface area (Å²) in [5, 5.41) is 7.46. The molecule has 10 nitrogen and oxygen atoms in total. The third-order valence-electron chi connectivity index (χ3n) is 2.48. The summed E-state index contributed by atoms with van der Waals surface area (Å²) in [6, 6.07) is -1.63. The first-order valence-electron chi connectivity index (χ1n) is 6.91. The topological polar surface area (TPSA) is 142 Å². The minimum Gasteiger partial charge on any atom is -0.464 e. The van der Waals surface area contributed by atoms with Crippen molar-refractivity contribution < 1.29 is 28.7 Å². The Morgan fingerprint density at radius 2 is 1.88 bits per heavy atom. The van der Waals surface area contributed by atoms with Gasteiger partial charge in [0.25, 0.3) is 5.91 Å². The summed E-state index contributed by atoms with van der Waals surface area (Å²) in [6.45, 7) is 3.20. The monoisotopic (exact) mass is 358 g/mol. The number of thiazole rings is 1. The molecule has 0 saturated heterocycles. The molecule has 1 heterocycles. The fourth-order valence-electron chi connectivity index (χ4n) is 1.56. The SMILES string of the molecule is CCOC(=O)C(NC(=O)C(=NOC)c1csc(N)n1)C(=O)OCC. The number of carbonyl (C=O) groups is 3. The van der Waals surface area contributed by atoms with Gasteiger partial charge >= 0.3 is 11.9 Å². The molecular weight excluding hydrogens is 340 g/mol. The zero-order chi connectivity index (χ0) is 18.1. The van der Waals surface area contributed by atoms with E-state index in [4.69, 9.17) is 15.2 Å². The zero-order valence-electron chi connectivity index (χ0n) is 13.4. The molecule has 0 bridgehead atoms. The molecule has 0 unspecified atom stereocenters. The molecule has 0 aliphatic rings. The first-order chi connectivity index (χ1) is 11.4. The first-order valence-corrected chi connectivity index (χ1v) is 7.79. The van der Waals surface area contributed by atoms with Gasteiger partial charge in [-0.15, -0.1) is 11.3 Å². The van der Waals surface area contributed by atoms with Crippen LogP contribution in [-0.4, -0.2) is 54.9 Å². The number of oxime groups is 1. The standard InChI is InChI=1S/C13H18N4O6S/c1-4-22-11(19)9(12(20)23-5-2)16-10(18)8(17-21-3)7-6-24-13(14)15-7/h6,9H,4-5H2,1-3H3,(H2,14,15)(H,16,18). The van der Waals surface area contributed by atoms with E-state index >= 15 is 0 Å². The van der Waals surface area contributed by atoms with Crippen LogP contribution >= 0.6 is 11.3 Å². The molecule has 1 aromatic rings. The maximum absolute atomic E-state index is 12.4. The number of hydrogen-bond acceptors (Lipinski definition) is 10. The quantitative estimate of drug-likeness (QED) is 0.279. The van der Waals surface area contributed by atoms with Gasteiger partial charge in [0.2, 0.25) is 6.04 Å². The Hall–Kier alpha value is -2.69. The van der Waals surface area contributed by atoms with E-state index in [-0.39, 0.29) is 29.8 Å². The van der Waals surface area contributed by atoms with Crippen LogP contribution in [0, 0.1) is 0 Å². The van der Waals surface area contributed by atoms with Crippen molar-refractivity contribution in [3.63, 3.8) is 0 Å². The van der Waals surface area contributed by atoms with Crippen LogP contribution in [0.2, 0.25) is 0 Å². The number of rotatable bonds is 8. The average molecular weight is 358 g/mol. The smallest absolute Gasteiger partial charge is 0.340 e. The van der Waals surface area contributed by atoms with Crippen molar-refractivity contribution in [2.45, 2.75) is 19.9 Å². The van der Waals surface area contributed by atoms with Crippen molar-refractivity contribution in [1.82, 2.24) is 10.3 Å². The summed E-state index contributed by atoms with van der Waals surface area (Å²) < 4.78 is 9.53. The second-order valence-electron chi connectivity index (χ2n) is 4.10. The van der Waals surface area contributed by atoms with Gasteiger partial charge < -0.3 is 25.4 Å². The van der Waals surface area contributed by atoms with Gasteiger partial charge in [-0.25, -0.2) is 14.6 Å². The molecule has 1 aromatic heterocycles. The van der Waals surface area contributed by atoms with Crippen molar-refractivity contribution in [2.75, 3.05) is 26.1 Å². The Morgan fingerprint density at radius 3 is 2.29 bits per heavy atom. The predicted octanol–water partition coefficient (Wildman–Crippen LogP) is -0.313. The highest BCUT2D eigenvalue weighted by molar-refractivity contribution is 7.13. The second-order valence-corrected chi connectivity index (χ2v) is 4.99. The predicted molar refractivity (Wildman–Crippen MR) is 85.3 cm³/mol. The lowest BCUT2D eigenvalue weighted by molar-refractivity contribution is -0.159. The lowest BCUT2D eigenvalue weighted by atomic mass is 10.2. The molecule has 132 valence electrons. The molecule has 0 aromatic carbocycles. The van der Waals surface area contributed by atoms with Gasteiger partial charge in [-0.3, -0.25) is 4.79 Å². The highest BCUT2D eigenvalue weighted by Crippen LogP contribution is 2.12. The summed E-state index contributed by atoms with van der Waals surface area (Å²) >= 11 is 1.09. The molecule has 0 spiro atoms. The number of hydrogen-bond donors (Lipinski definition) is 2. The zero-order valence-corrected chi connectivity index (χ0v) is 14.2. The van der Waals surface area contributed by atoms with Gasteiger partial charge in [0.05, 0.1) is 13.2 Å². The van der Waals surface area contributed by atoms with Crippen molar-refractivity contribution in [3.05, 3.63) is 11.1 Å². The second kappa shape index (κ2) is 9.45. The average Bonchev–Trinajstić information content (AvgIpc) is 2.96. The van der Waals surface area contributed by atoms with Gasteiger partial charge in [0.1, 0.15) is 12.8 Å². The van der Waals surface area contributed by atoms with Crippen LogP contribution in [-0.2, 0) is 28.7 Å². The molecule has 11 heteroatoms. The van der Waals surface area contributed by atoms with Crippen molar-refractivity contribution in [2.24, 2.45) is 5.16 Å². The van der Waals surface area contributed by atoms with E-state index in [0.29, 0.717) is 0 Å². The number of nitrogens with two attached hydrogens (primary N) is 1. The van der Waals surface area contributed by atoms with Gasteiger partial charge in [0.15, 0.2) is 10.8 Å². The molecule has 1 rings (SSSR count). The Labute approximate surface area is 142 Å². The van der Waals surface area contributed by atoms with E-state index in [0.717, 1.165) is 11.3 Å². The van der Waals surface area contributed by atoms with E-state index in [1.54, 1.807) is 13.8 Å². The van der Waals surface area contributed by atoms with Crippen molar-refractivity contribution in [3.8, 4) is 0 Å². The summed E-state index contributed by atoms with van der Waals surface area (Å²) in [7, 11) is 1.23. The van der Waals surface area contributed by atoms with E-state index in [1.807, 2.05) is 0 Å². The maximum Gasteiger partial charge on any atom is 0.340 e. The Balaban J connectivity index is 3.01. The van der Waals surface area contributed by atoms with E-state index < -0.39 is 23.9 Å². The number of nitrogens with zero attached hydrogens (tertiary/aromatic N) is 2. The first kappa shape index (κ1) is 19.4. The number of carbonyl (C=O) groups excluding carboxylic acids is 3. The molecular formula is C13H18N4O6S. The number of esters is 2. The summed E-state index contributed by atoms with van der Waals surface area (Å²) in [5.41, 5.74) is 5.42. The van der Waals surface area contributed by atoms with Gasteiger partial charge in [-0.2, -0.15) is 0 Å². The Morgan fingerprint density at radius 1 is 1.29 bits per heavy atom. The minimum atomic E-state index is -1.63. The molecule has 24 heavy (non-hydrogen) atoms. The van der Waals surface area contributed by atoms with Gasteiger partial charge in [-0.1, -0.05) is 5.16 Å². The van der Waals surface area contributed by atoms with Gasteiger partial charge in [0, 0.05) is 5.38 Å². The number of anilines is 1.